The van der Waals surface area contributed by atoms with E-state index < -0.39 is 4.92 Å². The topological polar surface area (TPSA) is 81.2 Å². The minimum atomic E-state index is -0.418. The van der Waals surface area contributed by atoms with Crippen molar-refractivity contribution >= 4 is 17.1 Å². The van der Waals surface area contributed by atoms with Crippen LogP contribution >= 0.6 is 0 Å². The molecule has 1 aromatic rings. The van der Waals surface area contributed by atoms with Gasteiger partial charge in [0.2, 0.25) is 0 Å². The Kier molecular flexibility index (Phi) is 4.57. The highest BCUT2D eigenvalue weighted by molar-refractivity contribution is 5.66. The zero-order valence-corrected chi connectivity index (χ0v) is 9.40. The molecule has 0 aliphatic carbocycles. The molecule has 0 aliphatic rings. The van der Waals surface area contributed by atoms with Gasteiger partial charge in [-0.3, -0.25) is 10.1 Å². The summed E-state index contributed by atoms with van der Waals surface area (Å²) in [5, 5.41) is 13.8. The van der Waals surface area contributed by atoms with E-state index in [1.807, 2.05) is 0 Å². The lowest BCUT2D eigenvalue weighted by Crippen LogP contribution is -2.04. The van der Waals surface area contributed by atoms with E-state index in [4.69, 9.17) is 5.73 Å². The molecule has 16 heavy (non-hydrogen) atoms. The van der Waals surface area contributed by atoms with Crippen molar-refractivity contribution in [3.63, 3.8) is 0 Å². The summed E-state index contributed by atoms with van der Waals surface area (Å²) in [6, 6.07) is 4.69. The van der Waals surface area contributed by atoms with Gasteiger partial charge in [0.15, 0.2) is 0 Å². The molecular formula is C11H17N3O2. The number of rotatable bonds is 6. The smallest absolute Gasteiger partial charge is 0.294 e. The van der Waals surface area contributed by atoms with E-state index in [1.165, 1.54) is 6.07 Å². The molecule has 0 aliphatic heterocycles. The van der Waals surface area contributed by atoms with Crippen LogP contribution in [0.1, 0.15) is 26.2 Å². The molecule has 0 heterocycles. The molecule has 0 amide bonds. The van der Waals surface area contributed by atoms with Crippen LogP contribution in [0.4, 0.5) is 17.1 Å². The Morgan fingerprint density at radius 1 is 1.44 bits per heavy atom. The van der Waals surface area contributed by atoms with Crippen molar-refractivity contribution in [2.45, 2.75) is 26.2 Å². The Morgan fingerprint density at radius 3 is 2.81 bits per heavy atom. The second kappa shape index (κ2) is 5.95. The van der Waals surface area contributed by atoms with Gasteiger partial charge in [0, 0.05) is 18.3 Å². The maximum Gasteiger partial charge on any atom is 0.294 e. The molecule has 0 fully saturated rings. The molecule has 0 radical (unpaired) electrons. The van der Waals surface area contributed by atoms with Gasteiger partial charge < -0.3 is 11.1 Å². The van der Waals surface area contributed by atoms with E-state index >= 15 is 0 Å². The van der Waals surface area contributed by atoms with Crippen LogP contribution in [0, 0.1) is 10.1 Å². The fraction of sp³-hybridized carbons (Fsp3) is 0.455. The molecule has 1 rings (SSSR count). The number of nitrogens with two attached hydrogens (primary N) is 1. The first-order valence-corrected chi connectivity index (χ1v) is 5.43. The second-order valence-corrected chi connectivity index (χ2v) is 3.67. The Bertz CT molecular complexity index is 366. The molecule has 0 aromatic heterocycles. The molecule has 88 valence electrons. The minimum Gasteiger partial charge on any atom is -0.399 e. The predicted octanol–water partition coefficient (Wildman–Crippen LogP) is 2.78. The lowest BCUT2D eigenvalue weighted by molar-refractivity contribution is -0.383. The van der Waals surface area contributed by atoms with Gasteiger partial charge in [0.05, 0.1) is 4.92 Å². The summed E-state index contributed by atoms with van der Waals surface area (Å²) in [4.78, 5) is 10.4. The number of unbranched alkanes of at least 4 members (excludes halogenated alkanes) is 2. The molecule has 5 nitrogen and oxygen atoms in total. The Hall–Kier alpha value is -1.78. The molecule has 0 saturated carbocycles. The van der Waals surface area contributed by atoms with Crippen LogP contribution in [0.3, 0.4) is 0 Å². The number of hydrogen-bond donors (Lipinski definition) is 2. The summed E-state index contributed by atoms with van der Waals surface area (Å²) >= 11 is 0. The van der Waals surface area contributed by atoms with Crippen molar-refractivity contribution in [1.29, 1.82) is 0 Å². The number of nitrogen functional groups attached to an aromatic ring is 1. The second-order valence-electron chi connectivity index (χ2n) is 3.67. The molecule has 0 bridgehead atoms. The summed E-state index contributed by atoms with van der Waals surface area (Å²) in [5.41, 5.74) is 6.49. The highest BCUT2D eigenvalue weighted by atomic mass is 16.6. The van der Waals surface area contributed by atoms with Crippen molar-refractivity contribution in [2.75, 3.05) is 17.6 Å². The quantitative estimate of drug-likeness (QED) is 0.336. The molecule has 3 N–H and O–H groups in total. The average Bonchev–Trinajstić information content (AvgIpc) is 2.26. The van der Waals surface area contributed by atoms with Crippen LogP contribution in [0.5, 0.6) is 0 Å². The van der Waals surface area contributed by atoms with E-state index in [9.17, 15) is 10.1 Å². The van der Waals surface area contributed by atoms with Gasteiger partial charge in [-0.25, -0.2) is 0 Å². The maximum absolute atomic E-state index is 10.8. The van der Waals surface area contributed by atoms with E-state index in [1.54, 1.807) is 12.1 Å². The monoisotopic (exact) mass is 223 g/mol. The van der Waals surface area contributed by atoms with Crippen LogP contribution in [-0.4, -0.2) is 11.5 Å². The highest BCUT2D eigenvalue weighted by Crippen LogP contribution is 2.26. The summed E-state index contributed by atoms with van der Waals surface area (Å²) in [7, 11) is 0. The van der Waals surface area contributed by atoms with E-state index in [0.717, 1.165) is 25.8 Å². The molecule has 0 unspecified atom stereocenters. The first-order valence-electron chi connectivity index (χ1n) is 5.43. The summed E-state index contributed by atoms with van der Waals surface area (Å²) in [6.07, 6.45) is 3.26. The van der Waals surface area contributed by atoms with Crippen LogP contribution < -0.4 is 11.1 Å². The zero-order chi connectivity index (χ0) is 12.0. The van der Waals surface area contributed by atoms with Crippen molar-refractivity contribution in [3.8, 4) is 0 Å². The number of nitrogens with zero attached hydrogens (tertiary/aromatic N) is 1. The van der Waals surface area contributed by atoms with Crippen LogP contribution in [0.25, 0.3) is 0 Å². The van der Waals surface area contributed by atoms with Crippen molar-refractivity contribution in [3.05, 3.63) is 28.3 Å². The van der Waals surface area contributed by atoms with Gasteiger partial charge in [-0.2, -0.15) is 0 Å². The lowest BCUT2D eigenvalue weighted by atomic mass is 10.2. The predicted molar refractivity (Wildman–Crippen MR) is 65.5 cm³/mol. The number of nitro benzene ring substituents is 1. The number of benzene rings is 1. The SMILES string of the molecule is CCCCCNc1ccc(N)cc1[N+](=O)[O-]. The third-order valence-corrected chi connectivity index (χ3v) is 2.31. The van der Waals surface area contributed by atoms with Gasteiger partial charge in [-0.05, 0) is 18.6 Å². The minimum absolute atomic E-state index is 0.0384. The Morgan fingerprint density at radius 2 is 2.19 bits per heavy atom. The molecule has 0 spiro atoms. The molecule has 5 heteroatoms. The van der Waals surface area contributed by atoms with Crippen LogP contribution in [0.15, 0.2) is 18.2 Å². The number of hydrogen-bond acceptors (Lipinski definition) is 4. The van der Waals surface area contributed by atoms with Gasteiger partial charge in [0.1, 0.15) is 5.69 Å². The number of nitro groups is 1. The van der Waals surface area contributed by atoms with E-state index in [-0.39, 0.29) is 5.69 Å². The number of anilines is 2. The summed E-state index contributed by atoms with van der Waals surface area (Å²) < 4.78 is 0. The van der Waals surface area contributed by atoms with Crippen LogP contribution in [0.2, 0.25) is 0 Å². The third kappa shape index (κ3) is 3.42. The maximum atomic E-state index is 10.8. The van der Waals surface area contributed by atoms with Gasteiger partial charge in [0.25, 0.3) is 5.69 Å². The standard InChI is InChI=1S/C11H17N3O2/c1-2-3-4-7-13-10-6-5-9(12)8-11(10)14(15)16/h5-6,8,13H,2-4,7,12H2,1H3. The van der Waals surface area contributed by atoms with Crippen LogP contribution in [-0.2, 0) is 0 Å². The van der Waals surface area contributed by atoms with Gasteiger partial charge in [-0.15, -0.1) is 0 Å². The number of nitrogens with one attached hydrogen (secondary N) is 1. The van der Waals surface area contributed by atoms with Gasteiger partial charge in [-0.1, -0.05) is 19.8 Å². The fourth-order valence-corrected chi connectivity index (χ4v) is 1.45. The largest absolute Gasteiger partial charge is 0.399 e. The summed E-state index contributed by atoms with van der Waals surface area (Å²) in [6.45, 7) is 2.87. The Balaban J connectivity index is 2.67. The first kappa shape index (κ1) is 12.3. The summed E-state index contributed by atoms with van der Waals surface area (Å²) in [5.74, 6) is 0. The normalized spacial score (nSPS) is 10.1. The van der Waals surface area contributed by atoms with Gasteiger partial charge >= 0.3 is 0 Å². The van der Waals surface area contributed by atoms with Crippen molar-refractivity contribution in [1.82, 2.24) is 0 Å². The molecule has 0 atom stereocenters. The molecule has 1 aromatic carbocycles. The highest BCUT2D eigenvalue weighted by Gasteiger charge is 2.12. The van der Waals surface area contributed by atoms with Crippen molar-refractivity contribution in [2.24, 2.45) is 0 Å². The fourth-order valence-electron chi connectivity index (χ4n) is 1.45. The van der Waals surface area contributed by atoms with E-state index in [2.05, 4.69) is 12.2 Å². The zero-order valence-electron chi connectivity index (χ0n) is 9.40. The molecule has 0 saturated heterocycles. The third-order valence-electron chi connectivity index (χ3n) is 2.31. The molecular weight excluding hydrogens is 206 g/mol. The van der Waals surface area contributed by atoms with E-state index in [0.29, 0.717) is 11.4 Å². The average molecular weight is 223 g/mol. The lowest BCUT2D eigenvalue weighted by Gasteiger charge is -2.06. The first-order chi connectivity index (χ1) is 7.65. The Labute approximate surface area is 94.8 Å². The van der Waals surface area contributed by atoms with Crippen molar-refractivity contribution < 1.29 is 4.92 Å².